The average molecular weight is 333 g/mol. The van der Waals surface area contributed by atoms with Crippen LogP contribution in [0.3, 0.4) is 0 Å². The largest absolute Gasteiger partial charge is 0.479 e. The van der Waals surface area contributed by atoms with Gasteiger partial charge in [-0.2, -0.15) is 0 Å². The molecular weight excluding hydrogens is 324 g/mol. The van der Waals surface area contributed by atoms with Crippen LogP contribution in [0.5, 0.6) is 0 Å². The highest BCUT2D eigenvalue weighted by molar-refractivity contribution is 9.10. The van der Waals surface area contributed by atoms with Gasteiger partial charge in [-0.15, -0.1) is 0 Å². The van der Waals surface area contributed by atoms with Gasteiger partial charge < -0.3 is 15.5 Å². The smallest absolute Gasteiger partial charge is 0.334 e. The molecule has 0 saturated carbocycles. The first-order chi connectivity index (χ1) is 8.82. The molecule has 3 N–H and O–H groups in total. The van der Waals surface area contributed by atoms with Crippen molar-refractivity contribution < 1.29 is 24.7 Å². The second-order valence-corrected chi connectivity index (χ2v) is 4.34. The number of nitro benzene ring substituents is 1. The minimum absolute atomic E-state index is 0.0215. The quantitative estimate of drug-likeness (QED) is 0.532. The van der Waals surface area contributed by atoms with Gasteiger partial charge in [0.15, 0.2) is 6.10 Å². The molecule has 0 aromatic heterocycles. The van der Waals surface area contributed by atoms with E-state index < -0.39 is 29.4 Å². The van der Waals surface area contributed by atoms with Crippen molar-refractivity contribution in [2.24, 2.45) is 0 Å². The second kappa shape index (κ2) is 6.25. The van der Waals surface area contributed by atoms with E-state index in [4.69, 9.17) is 10.2 Å². The molecule has 1 atom stereocenters. The molecule has 0 radical (unpaired) electrons. The van der Waals surface area contributed by atoms with Gasteiger partial charge in [0.2, 0.25) is 0 Å². The van der Waals surface area contributed by atoms with Crippen molar-refractivity contribution in [2.75, 3.05) is 6.54 Å². The van der Waals surface area contributed by atoms with Gasteiger partial charge in [-0.3, -0.25) is 14.9 Å². The lowest BCUT2D eigenvalue weighted by Crippen LogP contribution is -2.36. The van der Waals surface area contributed by atoms with Crippen molar-refractivity contribution in [1.82, 2.24) is 5.32 Å². The number of nitrogens with one attached hydrogen (secondary N) is 1. The number of carbonyl (C=O) groups is 2. The summed E-state index contributed by atoms with van der Waals surface area (Å²) in [5.74, 6) is -2.20. The van der Waals surface area contributed by atoms with Gasteiger partial charge in [-0.1, -0.05) is 0 Å². The Morgan fingerprint density at radius 1 is 1.47 bits per heavy atom. The van der Waals surface area contributed by atoms with Crippen LogP contribution in [-0.2, 0) is 4.79 Å². The van der Waals surface area contributed by atoms with Crippen LogP contribution in [0, 0.1) is 10.1 Å². The highest BCUT2D eigenvalue weighted by Gasteiger charge is 2.18. The molecule has 1 aromatic carbocycles. The number of carboxylic acid groups (broad SMARTS) is 1. The third kappa shape index (κ3) is 4.00. The third-order valence-electron chi connectivity index (χ3n) is 2.15. The number of carboxylic acids is 1. The number of aliphatic hydroxyl groups is 1. The molecule has 0 aliphatic rings. The summed E-state index contributed by atoms with van der Waals surface area (Å²) in [4.78, 5) is 32.0. The van der Waals surface area contributed by atoms with Crippen molar-refractivity contribution in [2.45, 2.75) is 6.10 Å². The van der Waals surface area contributed by atoms with Gasteiger partial charge in [0, 0.05) is 16.6 Å². The van der Waals surface area contributed by atoms with E-state index in [2.05, 4.69) is 21.2 Å². The molecule has 1 rings (SSSR count). The number of benzene rings is 1. The summed E-state index contributed by atoms with van der Waals surface area (Å²) in [7, 11) is 0. The normalized spacial score (nSPS) is 11.7. The highest BCUT2D eigenvalue weighted by atomic mass is 79.9. The number of aliphatic hydroxyl groups excluding tert-OH is 1. The fourth-order valence-electron chi connectivity index (χ4n) is 1.17. The van der Waals surface area contributed by atoms with E-state index in [0.717, 1.165) is 6.07 Å². The minimum Gasteiger partial charge on any atom is -0.479 e. The number of non-ortho nitro benzene ring substituents is 1. The van der Waals surface area contributed by atoms with Gasteiger partial charge in [-0.25, -0.2) is 4.79 Å². The number of halogens is 1. The van der Waals surface area contributed by atoms with Gasteiger partial charge in [-0.05, 0) is 22.0 Å². The Morgan fingerprint density at radius 3 is 2.63 bits per heavy atom. The molecule has 0 spiro atoms. The zero-order valence-corrected chi connectivity index (χ0v) is 11.0. The summed E-state index contributed by atoms with van der Waals surface area (Å²) in [5, 5.41) is 30.2. The molecule has 19 heavy (non-hydrogen) atoms. The van der Waals surface area contributed by atoms with Crippen molar-refractivity contribution in [3.05, 3.63) is 38.3 Å². The van der Waals surface area contributed by atoms with Crippen LogP contribution < -0.4 is 5.32 Å². The molecule has 9 heteroatoms. The number of amides is 1. The second-order valence-electron chi connectivity index (χ2n) is 3.49. The Bertz CT molecular complexity index is 533. The fraction of sp³-hybridized carbons (Fsp3) is 0.200. The third-order valence-corrected chi connectivity index (χ3v) is 2.84. The SMILES string of the molecule is O=C(NC[C@H](O)C(=O)O)c1cc([N+](=O)[O-])ccc1Br. The lowest BCUT2D eigenvalue weighted by Gasteiger charge is -2.08. The van der Waals surface area contributed by atoms with E-state index in [1.54, 1.807) is 0 Å². The minimum atomic E-state index is -1.73. The van der Waals surface area contributed by atoms with Gasteiger partial charge in [0.25, 0.3) is 11.6 Å². The van der Waals surface area contributed by atoms with E-state index in [9.17, 15) is 19.7 Å². The van der Waals surface area contributed by atoms with Crippen molar-refractivity contribution in [1.29, 1.82) is 0 Å². The molecule has 0 heterocycles. The van der Waals surface area contributed by atoms with Crippen LogP contribution in [0.1, 0.15) is 10.4 Å². The highest BCUT2D eigenvalue weighted by Crippen LogP contribution is 2.22. The molecule has 0 fully saturated rings. The van der Waals surface area contributed by atoms with Crippen LogP contribution in [0.15, 0.2) is 22.7 Å². The van der Waals surface area contributed by atoms with E-state index in [1.165, 1.54) is 12.1 Å². The summed E-state index contributed by atoms with van der Waals surface area (Å²) in [6.45, 7) is -0.497. The van der Waals surface area contributed by atoms with Crippen LogP contribution in [0.2, 0.25) is 0 Å². The van der Waals surface area contributed by atoms with Gasteiger partial charge >= 0.3 is 5.97 Å². The Balaban J connectivity index is 2.84. The van der Waals surface area contributed by atoms with Gasteiger partial charge in [0.1, 0.15) is 0 Å². The van der Waals surface area contributed by atoms with E-state index >= 15 is 0 Å². The van der Waals surface area contributed by atoms with Crippen LogP contribution in [0.4, 0.5) is 5.69 Å². The van der Waals surface area contributed by atoms with Crippen molar-refractivity contribution in [3.63, 3.8) is 0 Å². The average Bonchev–Trinajstić information content (AvgIpc) is 2.35. The maximum atomic E-state index is 11.7. The summed E-state index contributed by atoms with van der Waals surface area (Å²) in [5.41, 5.74) is -0.293. The standard InChI is InChI=1S/C10H9BrN2O6/c11-7-2-1-5(13(18)19)3-6(7)9(15)12-4-8(14)10(16)17/h1-3,8,14H,4H2,(H,12,15)(H,16,17)/t8-/m0/s1. The summed E-state index contributed by atoms with van der Waals surface area (Å²) < 4.78 is 0.320. The molecule has 8 nitrogen and oxygen atoms in total. The van der Waals surface area contributed by atoms with Crippen molar-refractivity contribution >= 4 is 33.5 Å². The van der Waals surface area contributed by atoms with Crippen LogP contribution in [-0.4, -0.2) is 39.7 Å². The topological polar surface area (TPSA) is 130 Å². The van der Waals surface area contributed by atoms with Crippen LogP contribution in [0.25, 0.3) is 0 Å². The molecule has 0 aliphatic heterocycles. The summed E-state index contributed by atoms with van der Waals surface area (Å²) in [6, 6.07) is 3.60. The maximum absolute atomic E-state index is 11.7. The number of aliphatic carboxylic acids is 1. The molecule has 0 unspecified atom stereocenters. The molecule has 0 saturated heterocycles. The Kier molecular flexibility index (Phi) is 4.95. The predicted octanol–water partition coefficient (Wildman–Crippen LogP) is 0.533. The molecule has 1 amide bonds. The molecule has 0 aliphatic carbocycles. The van der Waals surface area contributed by atoms with Crippen LogP contribution >= 0.6 is 15.9 Å². The van der Waals surface area contributed by atoms with E-state index in [1.807, 2.05) is 0 Å². The first kappa shape index (κ1) is 15.1. The number of nitro groups is 1. The zero-order chi connectivity index (χ0) is 14.6. The van der Waals surface area contributed by atoms with E-state index in [0.29, 0.717) is 4.47 Å². The number of hydrogen-bond donors (Lipinski definition) is 3. The summed E-state index contributed by atoms with van der Waals surface area (Å²) in [6.07, 6.45) is -1.73. The number of rotatable bonds is 5. The number of hydrogen-bond acceptors (Lipinski definition) is 5. The first-order valence-electron chi connectivity index (χ1n) is 4.96. The fourth-order valence-corrected chi connectivity index (χ4v) is 1.60. The Labute approximate surface area is 115 Å². The Hall–Kier alpha value is -2.00. The van der Waals surface area contributed by atoms with Crippen molar-refractivity contribution in [3.8, 4) is 0 Å². The zero-order valence-electron chi connectivity index (χ0n) is 9.37. The molecule has 0 bridgehead atoms. The summed E-state index contributed by atoms with van der Waals surface area (Å²) >= 11 is 3.05. The predicted molar refractivity (Wildman–Crippen MR) is 66.8 cm³/mol. The monoisotopic (exact) mass is 332 g/mol. The first-order valence-corrected chi connectivity index (χ1v) is 5.75. The lowest BCUT2D eigenvalue weighted by molar-refractivity contribution is -0.384. The number of carbonyl (C=O) groups excluding carboxylic acids is 1. The van der Waals surface area contributed by atoms with Gasteiger partial charge in [0.05, 0.1) is 17.0 Å². The Morgan fingerprint density at radius 2 is 2.11 bits per heavy atom. The maximum Gasteiger partial charge on any atom is 0.334 e. The molecular formula is C10H9BrN2O6. The molecule has 1 aromatic rings. The van der Waals surface area contributed by atoms with E-state index in [-0.39, 0.29) is 11.3 Å². The number of nitrogens with zero attached hydrogens (tertiary/aromatic N) is 1. The lowest BCUT2D eigenvalue weighted by atomic mass is 10.2. The molecule has 102 valence electrons.